The lowest BCUT2D eigenvalue weighted by Crippen LogP contribution is -3.15. The first-order chi connectivity index (χ1) is 13.3. The third-order valence-electron chi connectivity index (χ3n) is 4.53. The number of rotatable bonds is 5. The quantitative estimate of drug-likeness (QED) is 0.706. The number of nitrogens with zero attached hydrogens (tertiary/aromatic N) is 1. The van der Waals surface area contributed by atoms with Gasteiger partial charge in [-0.15, -0.1) is 0 Å². The topological polar surface area (TPSA) is 70.9 Å². The van der Waals surface area contributed by atoms with Gasteiger partial charge in [-0.1, -0.05) is 18.2 Å². The number of halogens is 3. The molecule has 10 heteroatoms. The molecule has 3 rings (SSSR count). The highest BCUT2D eigenvalue weighted by Gasteiger charge is 2.31. The van der Waals surface area contributed by atoms with Crippen molar-refractivity contribution in [2.45, 2.75) is 4.90 Å². The van der Waals surface area contributed by atoms with Crippen molar-refractivity contribution < 1.29 is 31.3 Å². The summed E-state index contributed by atoms with van der Waals surface area (Å²) in [4.78, 5) is 13.1. The molecule has 0 aliphatic carbocycles. The highest BCUT2D eigenvalue weighted by molar-refractivity contribution is 7.89. The van der Waals surface area contributed by atoms with Gasteiger partial charge in [-0.3, -0.25) is 4.79 Å². The standard InChI is InChI=1S/C18H18F3N3O3S/c19-14-6-7-15(18(21)17(14)20)22-16(25)12-23-8-10-24(11-9-23)28(26,27)13-4-2-1-3-5-13/h1-7H,8-12H2,(H,22,25)/p+1. The molecule has 1 fully saturated rings. The van der Waals surface area contributed by atoms with Gasteiger partial charge in [-0.05, 0) is 24.3 Å². The zero-order valence-electron chi connectivity index (χ0n) is 14.8. The number of piperazine rings is 1. The fraction of sp³-hybridized carbons (Fsp3) is 0.278. The zero-order chi connectivity index (χ0) is 20.3. The van der Waals surface area contributed by atoms with Crippen LogP contribution in [0.25, 0.3) is 0 Å². The number of sulfonamides is 1. The second-order valence-corrected chi connectivity index (χ2v) is 8.35. The molecule has 0 spiro atoms. The monoisotopic (exact) mass is 414 g/mol. The van der Waals surface area contributed by atoms with Gasteiger partial charge in [0.2, 0.25) is 10.0 Å². The van der Waals surface area contributed by atoms with Crippen LogP contribution in [0.2, 0.25) is 0 Å². The Morgan fingerprint density at radius 1 is 1.00 bits per heavy atom. The molecular formula is C18H19F3N3O3S+. The number of quaternary nitrogens is 1. The predicted octanol–water partition coefficient (Wildman–Crippen LogP) is 0.632. The van der Waals surface area contributed by atoms with Crippen molar-refractivity contribution in [2.75, 3.05) is 38.0 Å². The van der Waals surface area contributed by atoms with Crippen LogP contribution in [0.4, 0.5) is 18.9 Å². The summed E-state index contributed by atoms with van der Waals surface area (Å²) in [5, 5.41) is 2.22. The van der Waals surface area contributed by atoms with E-state index in [1.807, 2.05) is 0 Å². The largest absolute Gasteiger partial charge is 0.325 e. The highest BCUT2D eigenvalue weighted by Crippen LogP contribution is 2.19. The minimum atomic E-state index is -3.58. The summed E-state index contributed by atoms with van der Waals surface area (Å²) in [5.41, 5.74) is -0.436. The first kappa shape index (κ1) is 20.3. The van der Waals surface area contributed by atoms with E-state index in [1.165, 1.54) is 16.4 Å². The van der Waals surface area contributed by atoms with E-state index in [1.54, 1.807) is 18.2 Å². The van der Waals surface area contributed by atoms with Crippen molar-refractivity contribution in [3.8, 4) is 0 Å². The molecule has 150 valence electrons. The number of benzene rings is 2. The zero-order valence-corrected chi connectivity index (χ0v) is 15.6. The molecule has 1 saturated heterocycles. The summed E-state index contributed by atoms with van der Waals surface area (Å²) >= 11 is 0. The van der Waals surface area contributed by atoms with Gasteiger partial charge in [0.1, 0.15) is 0 Å². The molecule has 0 unspecified atom stereocenters. The van der Waals surface area contributed by atoms with Gasteiger partial charge in [0, 0.05) is 0 Å². The van der Waals surface area contributed by atoms with Gasteiger partial charge >= 0.3 is 0 Å². The van der Waals surface area contributed by atoms with Crippen LogP contribution in [-0.2, 0) is 14.8 Å². The van der Waals surface area contributed by atoms with E-state index < -0.39 is 39.1 Å². The van der Waals surface area contributed by atoms with Gasteiger partial charge < -0.3 is 10.2 Å². The number of carbonyl (C=O) groups excluding carboxylic acids is 1. The van der Waals surface area contributed by atoms with Crippen LogP contribution < -0.4 is 10.2 Å². The molecular weight excluding hydrogens is 395 g/mol. The van der Waals surface area contributed by atoms with Crippen LogP contribution in [0.3, 0.4) is 0 Å². The van der Waals surface area contributed by atoms with E-state index in [-0.39, 0.29) is 24.5 Å². The summed E-state index contributed by atoms with van der Waals surface area (Å²) in [6.45, 7) is 1.20. The summed E-state index contributed by atoms with van der Waals surface area (Å²) in [7, 11) is -3.58. The van der Waals surface area contributed by atoms with E-state index in [9.17, 15) is 26.4 Å². The van der Waals surface area contributed by atoms with Gasteiger partial charge in [0.15, 0.2) is 24.0 Å². The molecule has 0 atom stereocenters. The maximum atomic E-state index is 13.6. The number of anilines is 1. The summed E-state index contributed by atoms with van der Waals surface area (Å²) < 4.78 is 66.3. The summed E-state index contributed by atoms with van der Waals surface area (Å²) in [5.74, 6) is -5.01. The Balaban J connectivity index is 1.56. The van der Waals surface area contributed by atoms with Crippen LogP contribution in [0, 0.1) is 17.5 Å². The Morgan fingerprint density at radius 3 is 2.29 bits per heavy atom. The second-order valence-electron chi connectivity index (χ2n) is 6.42. The van der Waals surface area contributed by atoms with Crippen LogP contribution >= 0.6 is 0 Å². The molecule has 0 aromatic heterocycles. The normalized spacial score (nSPS) is 16.1. The maximum absolute atomic E-state index is 13.6. The number of carbonyl (C=O) groups is 1. The van der Waals surface area contributed by atoms with E-state index >= 15 is 0 Å². The van der Waals surface area contributed by atoms with E-state index in [4.69, 9.17) is 0 Å². The van der Waals surface area contributed by atoms with Crippen molar-refractivity contribution in [3.05, 3.63) is 59.9 Å². The fourth-order valence-corrected chi connectivity index (χ4v) is 4.47. The lowest BCUT2D eigenvalue weighted by atomic mass is 10.2. The molecule has 1 heterocycles. The summed E-state index contributed by atoms with van der Waals surface area (Å²) in [6, 6.07) is 9.76. The molecule has 0 saturated carbocycles. The first-order valence-corrected chi connectivity index (χ1v) is 10.0. The van der Waals surface area contributed by atoms with E-state index in [0.717, 1.165) is 17.0 Å². The molecule has 6 nitrogen and oxygen atoms in total. The Morgan fingerprint density at radius 2 is 1.64 bits per heavy atom. The predicted molar refractivity (Wildman–Crippen MR) is 95.7 cm³/mol. The van der Waals surface area contributed by atoms with Crippen molar-refractivity contribution in [2.24, 2.45) is 0 Å². The maximum Gasteiger partial charge on any atom is 0.279 e. The van der Waals surface area contributed by atoms with Crippen molar-refractivity contribution in [1.29, 1.82) is 0 Å². The molecule has 2 N–H and O–H groups in total. The number of hydrogen-bond acceptors (Lipinski definition) is 3. The van der Waals surface area contributed by atoms with Gasteiger partial charge in [-0.2, -0.15) is 4.31 Å². The molecule has 0 radical (unpaired) electrons. The molecule has 1 aliphatic heterocycles. The van der Waals surface area contributed by atoms with Crippen molar-refractivity contribution in [3.63, 3.8) is 0 Å². The van der Waals surface area contributed by atoms with Gasteiger partial charge in [0.25, 0.3) is 5.91 Å². The number of nitrogens with one attached hydrogen (secondary N) is 2. The Kier molecular flexibility index (Phi) is 6.01. The van der Waals surface area contributed by atoms with Gasteiger partial charge in [-0.25, -0.2) is 21.6 Å². The SMILES string of the molecule is O=C(C[NH+]1CCN(S(=O)(=O)c2ccccc2)CC1)Nc1ccc(F)c(F)c1F. The Bertz CT molecular complexity index is 963. The molecule has 2 aromatic rings. The molecule has 1 aliphatic rings. The Hall–Kier alpha value is -2.43. The molecule has 1 amide bonds. The number of amides is 1. The molecule has 0 bridgehead atoms. The summed E-state index contributed by atoms with van der Waals surface area (Å²) in [6.07, 6.45) is 0. The molecule has 28 heavy (non-hydrogen) atoms. The van der Waals surface area contributed by atoms with E-state index in [2.05, 4.69) is 5.32 Å². The number of hydrogen-bond donors (Lipinski definition) is 2. The average Bonchev–Trinajstić information content (AvgIpc) is 2.69. The second kappa shape index (κ2) is 8.29. The van der Waals surface area contributed by atoms with Crippen LogP contribution in [0.15, 0.2) is 47.4 Å². The highest BCUT2D eigenvalue weighted by atomic mass is 32.2. The van der Waals surface area contributed by atoms with Crippen LogP contribution in [0.5, 0.6) is 0 Å². The minimum Gasteiger partial charge on any atom is -0.325 e. The van der Waals surface area contributed by atoms with Crippen LogP contribution in [0.1, 0.15) is 0 Å². The van der Waals surface area contributed by atoms with Crippen LogP contribution in [-0.4, -0.2) is 51.4 Å². The van der Waals surface area contributed by atoms with Crippen molar-refractivity contribution in [1.82, 2.24) is 4.31 Å². The Labute approximate surface area is 160 Å². The third-order valence-corrected chi connectivity index (χ3v) is 6.44. The fourth-order valence-electron chi connectivity index (χ4n) is 3.01. The van der Waals surface area contributed by atoms with Crippen molar-refractivity contribution >= 4 is 21.6 Å². The average molecular weight is 414 g/mol. The lowest BCUT2D eigenvalue weighted by Gasteiger charge is -2.31. The first-order valence-electron chi connectivity index (χ1n) is 8.61. The van der Waals surface area contributed by atoms with Gasteiger partial charge in [0.05, 0.1) is 36.8 Å². The third kappa shape index (κ3) is 4.34. The van der Waals surface area contributed by atoms with E-state index in [0.29, 0.717) is 13.1 Å². The lowest BCUT2D eigenvalue weighted by molar-refractivity contribution is -0.895. The molecule has 2 aromatic carbocycles. The smallest absolute Gasteiger partial charge is 0.279 e. The minimum absolute atomic E-state index is 0.0440.